The van der Waals surface area contributed by atoms with Gasteiger partial charge in [-0.15, -0.1) is 0 Å². The van der Waals surface area contributed by atoms with Crippen molar-refractivity contribution in [3.05, 3.63) is 23.8 Å². The third-order valence-electron chi connectivity index (χ3n) is 12.5. The molecular formula is C36H59N. The van der Waals surface area contributed by atoms with Gasteiger partial charge in [-0.3, -0.25) is 4.90 Å². The molecule has 6 aliphatic carbocycles. The third-order valence-corrected chi connectivity index (χ3v) is 12.5. The van der Waals surface area contributed by atoms with E-state index in [4.69, 9.17) is 0 Å². The average molecular weight is 506 g/mol. The lowest BCUT2D eigenvalue weighted by Crippen LogP contribution is -2.57. The summed E-state index contributed by atoms with van der Waals surface area (Å²) in [7, 11) is 0. The molecule has 0 aromatic heterocycles. The second kappa shape index (κ2) is 13.2. The Morgan fingerprint density at radius 1 is 0.541 bits per heavy atom. The Hall–Kier alpha value is -0.560. The molecular weight excluding hydrogens is 446 g/mol. The van der Waals surface area contributed by atoms with Crippen LogP contribution in [0.3, 0.4) is 0 Å². The Bertz CT molecular complexity index is 753. The van der Waals surface area contributed by atoms with Crippen LogP contribution < -0.4 is 0 Å². The SMILES string of the molecule is C1=CCCC(C2CCCC(N(C3CCCC(C4CCCCC4)C3)C3CCCCC3C3CCCCC3)C2)=C1. The Labute approximate surface area is 230 Å². The van der Waals surface area contributed by atoms with Crippen LogP contribution in [0.2, 0.25) is 0 Å². The van der Waals surface area contributed by atoms with E-state index < -0.39 is 0 Å². The molecule has 0 aromatic carbocycles. The van der Waals surface area contributed by atoms with Gasteiger partial charge in [0.25, 0.3) is 0 Å². The lowest BCUT2D eigenvalue weighted by Gasteiger charge is -2.54. The van der Waals surface area contributed by atoms with E-state index in [1.54, 1.807) is 44.9 Å². The molecule has 0 heterocycles. The van der Waals surface area contributed by atoms with E-state index in [9.17, 15) is 0 Å². The van der Waals surface area contributed by atoms with Crippen molar-refractivity contribution in [1.29, 1.82) is 0 Å². The summed E-state index contributed by atoms with van der Waals surface area (Å²) in [6, 6.07) is 2.68. The molecule has 0 aromatic rings. The first-order chi connectivity index (χ1) is 18.4. The van der Waals surface area contributed by atoms with Crippen molar-refractivity contribution in [3.8, 4) is 0 Å². The van der Waals surface area contributed by atoms with Crippen molar-refractivity contribution >= 4 is 0 Å². The summed E-state index contributed by atoms with van der Waals surface area (Å²) in [5, 5.41) is 0. The zero-order valence-electron chi connectivity index (χ0n) is 24.3. The third kappa shape index (κ3) is 6.44. The monoisotopic (exact) mass is 505 g/mol. The molecule has 6 unspecified atom stereocenters. The van der Waals surface area contributed by atoms with E-state index in [1.807, 2.05) is 5.57 Å². The lowest BCUT2D eigenvalue weighted by atomic mass is 9.67. The first-order valence-corrected chi connectivity index (χ1v) is 17.5. The first-order valence-electron chi connectivity index (χ1n) is 17.5. The highest BCUT2D eigenvalue weighted by molar-refractivity contribution is 5.21. The Morgan fingerprint density at radius 3 is 1.95 bits per heavy atom. The molecule has 5 fully saturated rings. The van der Waals surface area contributed by atoms with Crippen LogP contribution in [0, 0.1) is 29.6 Å². The number of nitrogens with zero attached hydrogens (tertiary/aromatic N) is 1. The largest absolute Gasteiger partial charge is 0.294 e. The first kappa shape index (κ1) is 26.7. The minimum atomic E-state index is 0.870. The van der Waals surface area contributed by atoms with Crippen molar-refractivity contribution < 1.29 is 0 Å². The van der Waals surface area contributed by atoms with Gasteiger partial charge in [0.2, 0.25) is 0 Å². The summed E-state index contributed by atoms with van der Waals surface area (Å²) in [4.78, 5) is 3.36. The second-order valence-corrected chi connectivity index (χ2v) is 14.6. The highest BCUT2D eigenvalue weighted by Crippen LogP contribution is 2.47. The normalized spacial score (nSPS) is 39.0. The van der Waals surface area contributed by atoms with Gasteiger partial charge in [0.05, 0.1) is 0 Å². The fraction of sp³-hybridized carbons (Fsp3) is 0.889. The minimum absolute atomic E-state index is 0.870. The van der Waals surface area contributed by atoms with E-state index in [0.717, 1.165) is 47.7 Å². The quantitative estimate of drug-likeness (QED) is 0.347. The fourth-order valence-corrected chi connectivity index (χ4v) is 10.7. The number of rotatable bonds is 6. The van der Waals surface area contributed by atoms with Crippen LogP contribution in [-0.4, -0.2) is 23.0 Å². The molecule has 0 saturated heterocycles. The predicted molar refractivity (Wildman–Crippen MR) is 159 cm³/mol. The molecule has 208 valence electrons. The highest BCUT2D eigenvalue weighted by Gasteiger charge is 2.44. The minimum Gasteiger partial charge on any atom is -0.294 e. The van der Waals surface area contributed by atoms with E-state index in [2.05, 4.69) is 23.1 Å². The summed E-state index contributed by atoms with van der Waals surface area (Å²) in [6.07, 6.45) is 43.4. The molecule has 5 saturated carbocycles. The maximum Gasteiger partial charge on any atom is 0.0132 e. The molecule has 6 atom stereocenters. The second-order valence-electron chi connectivity index (χ2n) is 14.6. The van der Waals surface area contributed by atoms with Gasteiger partial charge in [-0.25, -0.2) is 0 Å². The van der Waals surface area contributed by atoms with Crippen LogP contribution in [0.4, 0.5) is 0 Å². The smallest absolute Gasteiger partial charge is 0.0132 e. The van der Waals surface area contributed by atoms with Gasteiger partial charge in [0, 0.05) is 18.1 Å². The predicted octanol–water partition coefficient (Wildman–Crippen LogP) is 10.4. The molecule has 0 N–H and O–H groups in total. The molecule has 6 aliphatic rings. The van der Waals surface area contributed by atoms with Gasteiger partial charge >= 0.3 is 0 Å². The Kier molecular flexibility index (Phi) is 9.51. The summed E-state index contributed by atoms with van der Waals surface area (Å²) in [6.45, 7) is 0. The molecule has 0 radical (unpaired) electrons. The van der Waals surface area contributed by atoms with Gasteiger partial charge in [-0.05, 0) is 87.4 Å². The fourth-order valence-electron chi connectivity index (χ4n) is 10.7. The van der Waals surface area contributed by atoms with E-state index >= 15 is 0 Å². The standard InChI is InChI=1S/C36H59N/c1-4-14-28(15-5-1)31-20-12-22-33(26-31)37(34-23-13-21-32(27-34)29-16-6-2-7-17-29)36-25-11-10-24-35(36)30-18-8-3-9-19-30/h1,4,14,29-36H,2-3,5-13,15-27H2. The van der Waals surface area contributed by atoms with E-state index in [-0.39, 0.29) is 0 Å². The van der Waals surface area contributed by atoms with E-state index in [1.165, 1.54) is 109 Å². The van der Waals surface area contributed by atoms with Crippen LogP contribution >= 0.6 is 0 Å². The molecule has 1 heteroatoms. The molecule has 0 spiro atoms. The molecule has 6 rings (SSSR count). The topological polar surface area (TPSA) is 3.24 Å². The van der Waals surface area contributed by atoms with E-state index in [0.29, 0.717) is 0 Å². The van der Waals surface area contributed by atoms with Crippen LogP contribution in [0.25, 0.3) is 0 Å². The summed E-state index contributed by atoms with van der Waals surface area (Å²) >= 11 is 0. The maximum atomic E-state index is 3.36. The number of hydrogen-bond donors (Lipinski definition) is 0. The van der Waals surface area contributed by atoms with Crippen molar-refractivity contribution in [2.24, 2.45) is 29.6 Å². The van der Waals surface area contributed by atoms with Gasteiger partial charge in [-0.2, -0.15) is 0 Å². The van der Waals surface area contributed by atoms with Gasteiger partial charge in [0.1, 0.15) is 0 Å². The Balaban J connectivity index is 1.25. The summed E-state index contributed by atoms with van der Waals surface area (Å²) in [5.74, 6) is 5.05. The van der Waals surface area contributed by atoms with Crippen LogP contribution in [0.1, 0.15) is 154 Å². The van der Waals surface area contributed by atoms with Crippen molar-refractivity contribution in [2.75, 3.05) is 0 Å². The van der Waals surface area contributed by atoms with Crippen LogP contribution in [0.15, 0.2) is 23.8 Å². The zero-order chi connectivity index (χ0) is 24.9. The molecule has 0 bridgehead atoms. The van der Waals surface area contributed by atoms with Crippen LogP contribution in [-0.2, 0) is 0 Å². The molecule has 0 aliphatic heterocycles. The number of allylic oxidation sites excluding steroid dienone is 4. The van der Waals surface area contributed by atoms with Crippen molar-refractivity contribution in [3.63, 3.8) is 0 Å². The molecule has 37 heavy (non-hydrogen) atoms. The summed E-state index contributed by atoms with van der Waals surface area (Å²) in [5.41, 5.74) is 1.81. The van der Waals surface area contributed by atoms with Gasteiger partial charge < -0.3 is 0 Å². The van der Waals surface area contributed by atoms with Crippen molar-refractivity contribution in [1.82, 2.24) is 4.90 Å². The Morgan fingerprint density at radius 2 is 1.19 bits per heavy atom. The average Bonchev–Trinajstić information content (AvgIpc) is 2.99. The maximum absolute atomic E-state index is 3.36. The zero-order valence-corrected chi connectivity index (χ0v) is 24.3. The van der Waals surface area contributed by atoms with Gasteiger partial charge in [0.15, 0.2) is 0 Å². The van der Waals surface area contributed by atoms with Crippen molar-refractivity contribution in [2.45, 2.75) is 172 Å². The summed E-state index contributed by atoms with van der Waals surface area (Å²) < 4.78 is 0. The van der Waals surface area contributed by atoms with Gasteiger partial charge in [-0.1, -0.05) is 120 Å². The highest BCUT2D eigenvalue weighted by atomic mass is 15.2. The molecule has 1 nitrogen and oxygen atoms in total. The lowest BCUT2D eigenvalue weighted by molar-refractivity contribution is -0.0392. The van der Waals surface area contributed by atoms with Crippen LogP contribution in [0.5, 0.6) is 0 Å². The number of hydrogen-bond acceptors (Lipinski definition) is 1. The molecule has 0 amide bonds.